The van der Waals surface area contributed by atoms with E-state index in [1.54, 1.807) is 0 Å². The third kappa shape index (κ3) is 3.06. The van der Waals surface area contributed by atoms with Gasteiger partial charge in [-0.05, 0) is 6.92 Å². The van der Waals surface area contributed by atoms with Gasteiger partial charge in [-0.2, -0.15) is 0 Å². The molecule has 0 bridgehead atoms. The van der Waals surface area contributed by atoms with Crippen molar-refractivity contribution < 1.29 is 9.84 Å². The predicted octanol–water partition coefficient (Wildman–Crippen LogP) is -0.973. The molecule has 1 heterocycles. The van der Waals surface area contributed by atoms with Crippen LogP contribution in [0.3, 0.4) is 0 Å². The summed E-state index contributed by atoms with van der Waals surface area (Å²) in [4.78, 5) is 2.13. The van der Waals surface area contributed by atoms with Crippen molar-refractivity contribution in [2.24, 2.45) is 5.73 Å². The van der Waals surface area contributed by atoms with Crippen LogP contribution in [0.4, 0.5) is 0 Å². The highest BCUT2D eigenvalue weighted by molar-refractivity contribution is 4.83. The molecule has 1 aliphatic heterocycles. The number of aliphatic hydroxyl groups excluding tert-OH is 1. The molecule has 0 radical (unpaired) electrons. The summed E-state index contributed by atoms with van der Waals surface area (Å²) in [6.45, 7) is 5.52. The van der Waals surface area contributed by atoms with E-state index in [4.69, 9.17) is 10.5 Å². The number of rotatable bonds is 5. The van der Waals surface area contributed by atoms with Gasteiger partial charge in [-0.15, -0.1) is 0 Å². The summed E-state index contributed by atoms with van der Waals surface area (Å²) in [5.74, 6) is 0. The molecule has 72 valence electrons. The number of likely N-dealkylation sites (tertiary alicyclic amines) is 1. The third-order valence-corrected chi connectivity index (χ3v) is 1.97. The zero-order valence-corrected chi connectivity index (χ0v) is 7.57. The lowest BCUT2D eigenvalue weighted by molar-refractivity contribution is 0.00460. The quantitative estimate of drug-likeness (QED) is 0.563. The van der Waals surface area contributed by atoms with Gasteiger partial charge in [0.2, 0.25) is 0 Å². The number of aliphatic hydroxyl groups is 1. The van der Waals surface area contributed by atoms with Crippen LogP contribution in [-0.2, 0) is 4.74 Å². The highest BCUT2D eigenvalue weighted by Crippen LogP contribution is 2.05. The Balaban J connectivity index is 1.98. The Hall–Kier alpha value is -0.160. The predicted molar refractivity (Wildman–Crippen MR) is 46.9 cm³/mol. The first kappa shape index (κ1) is 9.92. The summed E-state index contributed by atoms with van der Waals surface area (Å²) in [5.41, 5.74) is 5.59. The van der Waals surface area contributed by atoms with E-state index in [9.17, 15) is 5.11 Å². The first-order valence-electron chi connectivity index (χ1n) is 4.46. The average molecular weight is 174 g/mol. The van der Waals surface area contributed by atoms with Crippen LogP contribution in [-0.4, -0.2) is 55.0 Å². The molecule has 1 rings (SSSR count). The van der Waals surface area contributed by atoms with E-state index >= 15 is 0 Å². The van der Waals surface area contributed by atoms with E-state index < -0.39 is 0 Å². The van der Waals surface area contributed by atoms with Crippen molar-refractivity contribution in [1.82, 2.24) is 4.90 Å². The van der Waals surface area contributed by atoms with Crippen molar-refractivity contribution in [2.45, 2.75) is 19.1 Å². The van der Waals surface area contributed by atoms with Crippen LogP contribution >= 0.6 is 0 Å². The Bertz CT molecular complexity index is 126. The highest BCUT2D eigenvalue weighted by Gasteiger charge is 2.24. The Morgan fingerprint density at radius 2 is 2.33 bits per heavy atom. The lowest BCUT2D eigenvalue weighted by Gasteiger charge is -2.37. The number of hydrogen-bond acceptors (Lipinski definition) is 4. The first-order valence-corrected chi connectivity index (χ1v) is 4.46. The second-order valence-corrected chi connectivity index (χ2v) is 3.29. The Morgan fingerprint density at radius 1 is 1.67 bits per heavy atom. The molecular formula is C8H18N2O2. The molecule has 1 unspecified atom stereocenters. The summed E-state index contributed by atoms with van der Waals surface area (Å²) in [7, 11) is 0. The Morgan fingerprint density at radius 3 is 2.83 bits per heavy atom. The lowest BCUT2D eigenvalue weighted by Crippen LogP contribution is -2.57. The fourth-order valence-corrected chi connectivity index (χ4v) is 1.36. The minimum Gasteiger partial charge on any atom is -0.389 e. The molecule has 12 heavy (non-hydrogen) atoms. The average Bonchev–Trinajstić information content (AvgIpc) is 1.98. The normalized spacial score (nSPS) is 22.2. The van der Waals surface area contributed by atoms with E-state index in [0.29, 0.717) is 25.8 Å². The van der Waals surface area contributed by atoms with Gasteiger partial charge in [0, 0.05) is 32.3 Å². The monoisotopic (exact) mass is 174 g/mol. The second-order valence-electron chi connectivity index (χ2n) is 3.29. The number of nitrogens with two attached hydrogens (primary N) is 1. The number of hydrogen-bond donors (Lipinski definition) is 2. The van der Waals surface area contributed by atoms with E-state index in [0.717, 1.165) is 13.1 Å². The maximum atomic E-state index is 9.39. The van der Waals surface area contributed by atoms with Crippen LogP contribution in [0.25, 0.3) is 0 Å². The molecule has 0 spiro atoms. The van der Waals surface area contributed by atoms with E-state index in [2.05, 4.69) is 4.90 Å². The van der Waals surface area contributed by atoms with Gasteiger partial charge in [-0.1, -0.05) is 0 Å². The van der Waals surface area contributed by atoms with Gasteiger partial charge in [0.25, 0.3) is 0 Å². The number of ether oxygens (including phenoxy) is 1. The van der Waals surface area contributed by atoms with Crippen molar-refractivity contribution in [3.8, 4) is 0 Å². The van der Waals surface area contributed by atoms with Crippen molar-refractivity contribution >= 4 is 0 Å². The maximum absolute atomic E-state index is 9.39. The van der Waals surface area contributed by atoms with Crippen LogP contribution in [0.15, 0.2) is 0 Å². The second kappa shape index (κ2) is 4.77. The molecular weight excluding hydrogens is 156 g/mol. The molecule has 0 amide bonds. The standard InChI is InChI=1S/C8H18N2O2/c1-2-12-6-8(11)5-10-3-7(9)4-10/h7-8,11H,2-6,9H2,1H3. The molecule has 1 fully saturated rings. The van der Waals surface area contributed by atoms with Crippen molar-refractivity contribution in [1.29, 1.82) is 0 Å². The SMILES string of the molecule is CCOCC(O)CN1CC(N)C1. The summed E-state index contributed by atoms with van der Waals surface area (Å²) in [5, 5.41) is 9.39. The molecule has 4 nitrogen and oxygen atoms in total. The molecule has 4 heteroatoms. The van der Waals surface area contributed by atoms with Gasteiger partial charge in [0.1, 0.15) is 0 Å². The largest absolute Gasteiger partial charge is 0.389 e. The van der Waals surface area contributed by atoms with E-state index in [-0.39, 0.29) is 6.10 Å². The van der Waals surface area contributed by atoms with Gasteiger partial charge in [0.15, 0.2) is 0 Å². The van der Waals surface area contributed by atoms with Crippen molar-refractivity contribution in [3.63, 3.8) is 0 Å². The van der Waals surface area contributed by atoms with Crippen LogP contribution in [0.2, 0.25) is 0 Å². The van der Waals surface area contributed by atoms with Crippen LogP contribution < -0.4 is 5.73 Å². The molecule has 0 aromatic rings. The number of β-amino-alcohol motifs (C(OH)–C–C–N with tert-alkyl or cyclic N) is 1. The van der Waals surface area contributed by atoms with Gasteiger partial charge >= 0.3 is 0 Å². The van der Waals surface area contributed by atoms with E-state index in [1.165, 1.54) is 0 Å². The minimum absolute atomic E-state index is 0.310. The molecule has 0 aromatic heterocycles. The summed E-state index contributed by atoms with van der Waals surface area (Å²) in [6, 6.07) is 0.310. The van der Waals surface area contributed by atoms with E-state index in [1.807, 2.05) is 6.92 Å². The lowest BCUT2D eigenvalue weighted by atomic mass is 10.1. The van der Waals surface area contributed by atoms with Crippen LogP contribution in [0, 0.1) is 0 Å². The van der Waals surface area contributed by atoms with Gasteiger partial charge in [0.05, 0.1) is 12.7 Å². The summed E-state index contributed by atoms with van der Waals surface area (Å²) >= 11 is 0. The van der Waals surface area contributed by atoms with Crippen LogP contribution in [0.5, 0.6) is 0 Å². The summed E-state index contributed by atoms with van der Waals surface area (Å²) in [6.07, 6.45) is -0.363. The molecule has 1 aliphatic rings. The highest BCUT2D eigenvalue weighted by atomic mass is 16.5. The molecule has 0 saturated carbocycles. The van der Waals surface area contributed by atoms with Crippen LogP contribution in [0.1, 0.15) is 6.92 Å². The Labute approximate surface area is 73.3 Å². The minimum atomic E-state index is -0.363. The smallest absolute Gasteiger partial charge is 0.0900 e. The maximum Gasteiger partial charge on any atom is 0.0900 e. The molecule has 3 N–H and O–H groups in total. The molecule has 1 atom stereocenters. The molecule has 0 aliphatic carbocycles. The fraction of sp³-hybridized carbons (Fsp3) is 1.00. The topological polar surface area (TPSA) is 58.7 Å². The zero-order chi connectivity index (χ0) is 8.97. The molecule has 0 aromatic carbocycles. The third-order valence-electron chi connectivity index (χ3n) is 1.97. The molecule has 1 saturated heterocycles. The van der Waals surface area contributed by atoms with Gasteiger partial charge in [-0.3, -0.25) is 4.90 Å². The zero-order valence-electron chi connectivity index (χ0n) is 7.57. The van der Waals surface area contributed by atoms with Crippen molar-refractivity contribution in [3.05, 3.63) is 0 Å². The fourth-order valence-electron chi connectivity index (χ4n) is 1.36. The first-order chi connectivity index (χ1) is 5.72. The van der Waals surface area contributed by atoms with Crippen molar-refractivity contribution in [2.75, 3.05) is 32.8 Å². The van der Waals surface area contributed by atoms with Gasteiger partial charge < -0.3 is 15.6 Å². The van der Waals surface area contributed by atoms with Gasteiger partial charge in [-0.25, -0.2) is 0 Å². The summed E-state index contributed by atoms with van der Waals surface area (Å²) < 4.78 is 5.08. The number of nitrogens with zero attached hydrogens (tertiary/aromatic N) is 1. The Kier molecular flexibility index (Phi) is 3.94.